The number of aromatic nitrogens is 3. The third-order valence-corrected chi connectivity index (χ3v) is 2.39. The molecule has 2 heterocycles. The van der Waals surface area contributed by atoms with Gasteiger partial charge in [0.05, 0.1) is 6.20 Å². The van der Waals surface area contributed by atoms with E-state index in [0.717, 1.165) is 23.6 Å². The first kappa shape index (κ1) is 9.71. The maximum Gasteiger partial charge on any atom is 0.129 e. The molecule has 0 fully saturated rings. The quantitative estimate of drug-likeness (QED) is 0.800. The Labute approximate surface area is 88.8 Å². The Balaban J connectivity index is 2.06. The second kappa shape index (κ2) is 4.13. The molecule has 0 amide bonds. The Bertz CT molecular complexity index is 447. The summed E-state index contributed by atoms with van der Waals surface area (Å²) in [5.41, 5.74) is 3.41. The number of hydrogen-bond donors (Lipinski definition) is 2. The first-order valence-corrected chi connectivity index (χ1v) is 4.91. The lowest BCUT2D eigenvalue weighted by molar-refractivity contribution is 1.04. The molecule has 4 nitrogen and oxygen atoms in total. The van der Waals surface area contributed by atoms with Crippen molar-refractivity contribution in [3.05, 3.63) is 41.3 Å². The van der Waals surface area contributed by atoms with Crippen LogP contribution in [0.25, 0.3) is 0 Å². The van der Waals surface area contributed by atoms with E-state index in [-0.39, 0.29) is 0 Å². The Morgan fingerprint density at radius 2 is 2.27 bits per heavy atom. The fourth-order valence-corrected chi connectivity index (χ4v) is 1.40. The zero-order valence-corrected chi connectivity index (χ0v) is 8.91. The standard InChI is InChI=1S/C11H14N4/c1-8-4-3-5-12-11(8)13-6-10-7-14-15-9(10)2/h3-5,7H,6H2,1-2H3,(H,12,13)(H,14,15). The Morgan fingerprint density at radius 1 is 1.40 bits per heavy atom. The molecule has 0 radical (unpaired) electrons. The predicted octanol–water partition coefficient (Wildman–Crippen LogP) is 2.03. The van der Waals surface area contributed by atoms with E-state index in [0.29, 0.717) is 0 Å². The highest BCUT2D eigenvalue weighted by Crippen LogP contribution is 2.11. The molecule has 2 aromatic heterocycles. The Hall–Kier alpha value is -1.84. The summed E-state index contributed by atoms with van der Waals surface area (Å²) in [7, 11) is 0. The maximum atomic E-state index is 4.27. The van der Waals surface area contributed by atoms with Crippen molar-refractivity contribution in [2.24, 2.45) is 0 Å². The maximum absolute atomic E-state index is 4.27. The van der Waals surface area contributed by atoms with Crippen molar-refractivity contribution in [2.45, 2.75) is 20.4 Å². The number of aryl methyl sites for hydroxylation is 2. The summed E-state index contributed by atoms with van der Waals surface area (Å²) < 4.78 is 0. The van der Waals surface area contributed by atoms with E-state index < -0.39 is 0 Å². The van der Waals surface area contributed by atoms with Crippen molar-refractivity contribution in [1.29, 1.82) is 0 Å². The van der Waals surface area contributed by atoms with Gasteiger partial charge < -0.3 is 5.32 Å². The van der Waals surface area contributed by atoms with Crippen LogP contribution in [0.15, 0.2) is 24.5 Å². The predicted molar refractivity (Wildman–Crippen MR) is 59.6 cm³/mol. The van der Waals surface area contributed by atoms with Gasteiger partial charge in [-0.1, -0.05) is 6.07 Å². The molecule has 78 valence electrons. The van der Waals surface area contributed by atoms with Gasteiger partial charge in [0.2, 0.25) is 0 Å². The van der Waals surface area contributed by atoms with Gasteiger partial charge in [-0.25, -0.2) is 4.98 Å². The summed E-state index contributed by atoms with van der Waals surface area (Å²) in [6, 6.07) is 3.97. The van der Waals surface area contributed by atoms with Crippen LogP contribution >= 0.6 is 0 Å². The molecule has 15 heavy (non-hydrogen) atoms. The van der Waals surface area contributed by atoms with Crippen molar-refractivity contribution in [2.75, 3.05) is 5.32 Å². The number of aromatic amines is 1. The summed E-state index contributed by atoms with van der Waals surface area (Å²) >= 11 is 0. The van der Waals surface area contributed by atoms with Crippen LogP contribution in [0.1, 0.15) is 16.8 Å². The molecule has 0 saturated heterocycles. The molecule has 0 atom stereocenters. The van der Waals surface area contributed by atoms with E-state index in [1.54, 1.807) is 6.20 Å². The highest BCUT2D eigenvalue weighted by atomic mass is 15.1. The average molecular weight is 202 g/mol. The van der Waals surface area contributed by atoms with Crippen molar-refractivity contribution in [1.82, 2.24) is 15.2 Å². The highest BCUT2D eigenvalue weighted by Gasteiger charge is 2.01. The molecule has 0 bridgehead atoms. The number of hydrogen-bond acceptors (Lipinski definition) is 3. The lowest BCUT2D eigenvalue weighted by Crippen LogP contribution is -2.03. The highest BCUT2D eigenvalue weighted by molar-refractivity contribution is 5.43. The summed E-state index contributed by atoms with van der Waals surface area (Å²) in [6.45, 7) is 4.80. The number of H-pyrrole nitrogens is 1. The van der Waals surface area contributed by atoms with E-state index in [1.807, 2.05) is 32.2 Å². The number of pyridine rings is 1. The molecule has 0 unspecified atom stereocenters. The van der Waals surface area contributed by atoms with Crippen LogP contribution in [-0.2, 0) is 6.54 Å². The third-order valence-electron chi connectivity index (χ3n) is 2.39. The van der Waals surface area contributed by atoms with E-state index in [2.05, 4.69) is 20.5 Å². The van der Waals surface area contributed by atoms with Gasteiger partial charge in [-0.2, -0.15) is 5.10 Å². The average Bonchev–Trinajstić information content (AvgIpc) is 2.63. The molecule has 0 aliphatic rings. The van der Waals surface area contributed by atoms with Gasteiger partial charge in [0.1, 0.15) is 5.82 Å². The van der Waals surface area contributed by atoms with Crippen LogP contribution in [0.4, 0.5) is 5.82 Å². The summed E-state index contributed by atoms with van der Waals surface area (Å²) in [6.07, 6.45) is 3.62. The van der Waals surface area contributed by atoms with Gasteiger partial charge in [-0.3, -0.25) is 5.10 Å². The van der Waals surface area contributed by atoms with Gasteiger partial charge >= 0.3 is 0 Å². The van der Waals surface area contributed by atoms with Gasteiger partial charge in [0.15, 0.2) is 0 Å². The summed E-state index contributed by atoms with van der Waals surface area (Å²) in [5, 5.41) is 10.2. The van der Waals surface area contributed by atoms with Gasteiger partial charge in [0.25, 0.3) is 0 Å². The fraction of sp³-hybridized carbons (Fsp3) is 0.273. The van der Waals surface area contributed by atoms with Crippen LogP contribution in [0.3, 0.4) is 0 Å². The molecule has 0 saturated carbocycles. The van der Waals surface area contributed by atoms with Crippen LogP contribution < -0.4 is 5.32 Å². The van der Waals surface area contributed by atoms with Crippen LogP contribution in [0.2, 0.25) is 0 Å². The molecule has 2 N–H and O–H groups in total. The largest absolute Gasteiger partial charge is 0.366 e. The molecule has 0 spiro atoms. The second-order valence-electron chi connectivity index (χ2n) is 3.54. The van der Waals surface area contributed by atoms with Crippen molar-refractivity contribution in [3.63, 3.8) is 0 Å². The molecular weight excluding hydrogens is 188 g/mol. The minimum atomic E-state index is 0.750. The molecule has 0 aliphatic heterocycles. The monoisotopic (exact) mass is 202 g/mol. The smallest absolute Gasteiger partial charge is 0.129 e. The molecule has 2 aromatic rings. The molecule has 0 aromatic carbocycles. The minimum Gasteiger partial charge on any atom is -0.366 e. The van der Waals surface area contributed by atoms with E-state index >= 15 is 0 Å². The van der Waals surface area contributed by atoms with Crippen LogP contribution in [-0.4, -0.2) is 15.2 Å². The van der Waals surface area contributed by atoms with Crippen LogP contribution in [0.5, 0.6) is 0 Å². The lowest BCUT2D eigenvalue weighted by atomic mass is 10.2. The fourth-order valence-electron chi connectivity index (χ4n) is 1.40. The van der Waals surface area contributed by atoms with Crippen molar-refractivity contribution < 1.29 is 0 Å². The Morgan fingerprint density at radius 3 is 2.93 bits per heavy atom. The zero-order valence-electron chi connectivity index (χ0n) is 8.91. The van der Waals surface area contributed by atoms with Crippen LogP contribution in [0, 0.1) is 13.8 Å². The number of nitrogens with zero attached hydrogens (tertiary/aromatic N) is 2. The van der Waals surface area contributed by atoms with E-state index in [4.69, 9.17) is 0 Å². The van der Waals surface area contributed by atoms with E-state index in [9.17, 15) is 0 Å². The lowest BCUT2D eigenvalue weighted by Gasteiger charge is -2.06. The SMILES string of the molecule is Cc1cccnc1NCc1cn[nH]c1C. The number of anilines is 1. The first-order valence-electron chi connectivity index (χ1n) is 4.91. The van der Waals surface area contributed by atoms with Gasteiger partial charge in [-0.15, -0.1) is 0 Å². The number of nitrogens with one attached hydrogen (secondary N) is 2. The van der Waals surface area contributed by atoms with Crippen molar-refractivity contribution >= 4 is 5.82 Å². The molecule has 0 aliphatic carbocycles. The normalized spacial score (nSPS) is 10.3. The van der Waals surface area contributed by atoms with E-state index in [1.165, 1.54) is 5.56 Å². The minimum absolute atomic E-state index is 0.750. The summed E-state index contributed by atoms with van der Waals surface area (Å²) in [5.74, 6) is 0.929. The van der Waals surface area contributed by atoms with Gasteiger partial charge in [-0.05, 0) is 25.5 Å². The second-order valence-corrected chi connectivity index (χ2v) is 3.54. The zero-order chi connectivity index (χ0) is 10.7. The first-order chi connectivity index (χ1) is 7.27. The topological polar surface area (TPSA) is 53.6 Å². The molecular formula is C11H14N4. The summed E-state index contributed by atoms with van der Waals surface area (Å²) in [4.78, 5) is 4.27. The molecule has 4 heteroatoms. The molecule has 2 rings (SSSR count). The third kappa shape index (κ3) is 2.15. The van der Waals surface area contributed by atoms with Gasteiger partial charge in [0, 0.05) is 24.0 Å². The Kier molecular flexibility index (Phi) is 2.67. The number of rotatable bonds is 3. The van der Waals surface area contributed by atoms with Crippen molar-refractivity contribution in [3.8, 4) is 0 Å².